The first-order valence-corrected chi connectivity index (χ1v) is 10.4. The monoisotopic (exact) mass is 438 g/mol. The Morgan fingerprint density at radius 3 is 2.61 bits per heavy atom. The van der Waals surface area contributed by atoms with E-state index >= 15 is 0 Å². The van der Waals surface area contributed by atoms with Crippen molar-refractivity contribution in [1.82, 2.24) is 15.5 Å². The van der Waals surface area contributed by atoms with Crippen molar-refractivity contribution < 1.29 is 22.3 Å². The summed E-state index contributed by atoms with van der Waals surface area (Å²) < 4.78 is 47.1. The first-order chi connectivity index (χ1) is 14.9. The minimum absolute atomic E-state index is 0.0824. The third-order valence-corrected chi connectivity index (χ3v) is 5.13. The standard InChI is InChI=1S/C22H29F3N4O2/c1-26-21(28-14-19(20-8-5-11-31-20)29-9-2-3-10-29)27-13-17-6-4-7-18(12-17)15-30-16-22(23,24)25/h4-8,11-12,19H,2-3,9-10,13-16H2,1H3,(H2,26,27,28). The molecule has 1 atom stereocenters. The number of aliphatic imine (C=N–C) groups is 1. The molecule has 0 saturated carbocycles. The van der Waals surface area contributed by atoms with Crippen LogP contribution in [0.1, 0.15) is 35.8 Å². The SMILES string of the molecule is CN=C(NCc1cccc(COCC(F)(F)F)c1)NCC(c1ccco1)N1CCCC1. The molecular formula is C22H29F3N4O2. The number of nitrogens with zero attached hydrogens (tertiary/aromatic N) is 2. The molecule has 2 N–H and O–H groups in total. The zero-order chi connectivity index (χ0) is 22.1. The number of rotatable bonds is 9. The van der Waals surface area contributed by atoms with E-state index in [2.05, 4.69) is 20.5 Å². The van der Waals surface area contributed by atoms with Crippen molar-refractivity contribution in [2.75, 3.05) is 33.3 Å². The Bertz CT molecular complexity index is 818. The lowest BCUT2D eigenvalue weighted by Gasteiger charge is -2.26. The summed E-state index contributed by atoms with van der Waals surface area (Å²) in [5.41, 5.74) is 1.62. The second-order valence-electron chi connectivity index (χ2n) is 7.51. The number of guanidine groups is 1. The van der Waals surface area contributed by atoms with Gasteiger partial charge >= 0.3 is 6.18 Å². The molecule has 3 rings (SSSR count). The molecule has 0 radical (unpaired) electrons. The maximum atomic E-state index is 12.2. The van der Waals surface area contributed by atoms with Crippen LogP contribution < -0.4 is 10.6 Å². The fourth-order valence-electron chi connectivity index (χ4n) is 3.66. The van der Waals surface area contributed by atoms with Crippen LogP contribution in [-0.2, 0) is 17.9 Å². The highest BCUT2D eigenvalue weighted by molar-refractivity contribution is 5.79. The van der Waals surface area contributed by atoms with Crippen molar-refractivity contribution in [2.45, 2.75) is 38.2 Å². The quantitative estimate of drug-likeness (QED) is 0.460. The first kappa shape index (κ1) is 23.1. The summed E-state index contributed by atoms with van der Waals surface area (Å²) in [5, 5.41) is 6.61. The molecule has 170 valence electrons. The number of benzene rings is 1. The van der Waals surface area contributed by atoms with E-state index in [1.54, 1.807) is 25.4 Å². The van der Waals surface area contributed by atoms with Crippen LogP contribution in [0.5, 0.6) is 0 Å². The van der Waals surface area contributed by atoms with E-state index in [1.165, 1.54) is 12.8 Å². The average molecular weight is 438 g/mol. The Labute approximate surface area is 180 Å². The number of furan rings is 1. The Balaban J connectivity index is 1.50. The highest BCUT2D eigenvalue weighted by Gasteiger charge is 2.27. The number of nitrogens with one attached hydrogen (secondary N) is 2. The predicted octanol–water partition coefficient (Wildman–Crippen LogP) is 3.86. The van der Waals surface area contributed by atoms with Gasteiger partial charge in [-0.05, 0) is 49.2 Å². The number of hydrogen-bond donors (Lipinski definition) is 2. The van der Waals surface area contributed by atoms with Crippen LogP contribution in [0.15, 0.2) is 52.1 Å². The molecule has 0 spiro atoms. The van der Waals surface area contributed by atoms with Gasteiger partial charge in [-0.25, -0.2) is 0 Å². The van der Waals surface area contributed by atoms with Gasteiger partial charge in [-0.15, -0.1) is 0 Å². The van der Waals surface area contributed by atoms with E-state index < -0.39 is 12.8 Å². The van der Waals surface area contributed by atoms with Crippen molar-refractivity contribution in [3.8, 4) is 0 Å². The maximum Gasteiger partial charge on any atom is 0.411 e. The minimum atomic E-state index is -4.32. The molecule has 0 amide bonds. The molecule has 9 heteroatoms. The smallest absolute Gasteiger partial charge is 0.411 e. The van der Waals surface area contributed by atoms with Gasteiger partial charge in [0.05, 0.1) is 18.9 Å². The Hall–Kier alpha value is -2.52. The largest absolute Gasteiger partial charge is 0.468 e. The number of halogens is 3. The van der Waals surface area contributed by atoms with Crippen molar-refractivity contribution in [2.24, 2.45) is 4.99 Å². The van der Waals surface area contributed by atoms with E-state index in [0.717, 1.165) is 24.4 Å². The van der Waals surface area contributed by atoms with E-state index in [1.807, 2.05) is 24.3 Å². The third kappa shape index (κ3) is 7.59. The molecule has 0 aliphatic carbocycles. The molecule has 2 heterocycles. The molecule has 6 nitrogen and oxygen atoms in total. The van der Waals surface area contributed by atoms with Crippen LogP contribution in [-0.4, -0.2) is 50.3 Å². The summed E-state index contributed by atoms with van der Waals surface area (Å²) in [7, 11) is 1.70. The molecule has 1 aliphatic rings. The predicted molar refractivity (Wildman–Crippen MR) is 113 cm³/mol. The van der Waals surface area contributed by atoms with Crippen molar-refractivity contribution >= 4 is 5.96 Å². The summed E-state index contributed by atoms with van der Waals surface area (Å²) in [6.07, 6.45) is -0.253. The Kier molecular flexibility index (Phi) is 8.36. The highest BCUT2D eigenvalue weighted by atomic mass is 19.4. The van der Waals surface area contributed by atoms with Crippen molar-refractivity contribution in [3.05, 3.63) is 59.5 Å². The summed E-state index contributed by atoms with van der Waals surface area (Å²) >= 11 is 0. The van der Waals surface area contributed by atoms with Gasteiger partial charge in [0.1, 0.15) is 12.4 Å². The molecule has 1 fully saturated rings. The summed E-state index contributed by atoms with van der Waals surface area (Å²) in [5.74, 6) is 1.57. The molecule has 2 aromatic rings. The van der Waals surface area contributed by atoms with Gasteiger partial charge in [0.25, 0.3) is 0 Å². The second-order valence-corrected chi connectivity index (χ2v) is 7.51. The Morgan fingerprint density at radius 2 is 1.94 bits per heavy atom. The molecule has 1 aromatic carbocycles. The fraction of sp³-hybridized carbons (Fsp3) is 0.500. The van der Waals surface area contributed by atoms with Gasteiger partial charge in [0.15, 0.2) is 5.96 Å². The third-order valence-electron chi connectivity index (χ3n) is 5.13. The van der Waals surface area contributed by atoms with Crippen LogP contribution in [0, 0.1) is 0 Å². The van der Waals surface area contributed by atoms with E-state index in [0.29, 0.717) is 24.6 Å². The molecule has 0 bridgehead atoms. The van der Waals surface area contributed by atoms with Crippen LogP contribution >= 0.6 is 0 Å². The zero-order valence-corrected chi connectivity index (χ0v) is 17.6. The first-order valence-electron chi connectivity index (χ1n) is 10.4. The molecule has 31 heavy (non-hydrogen) atoms. The lowest BCUT2D eigenvalue weighted by molar-refractivity contribution is -0.176. The Morgan fingerprint density at radius 1 is 1.16 bits per heavy atom. The molecule has 1 saturated heterocycles. The zero-order valence-electron chi connectivity index (χ0n) is 17.6. The molecular weight excluding hydrogens is 409 g/mol. The van der Waals surface area contributed by atoms with Gasteiger partial charge in [-0.2, -0.15) is 13.2 Å². The van der Waals surface area contributed by atoms with E-state index in [-0.39, 0.29) is 12.6 Å². The van der Waals surface area contributed by atoms with Gasteiger partial charge in [-0.1, -0.05) is 24.3 Å². The summed E-state index contributed by atoms with van der Waals surface area (Å²) in [6.45, 7) is 1.89. The molecule has 1 aliphatic heterocycles. The lowest BCUT2D eigenvalue weighted by atomic mass is 10.1. The second kappa shape index (κ2) is 11.2. The number of ether oxygens (including phenoxy) is 1. The van der Waals surface area contributed by atoms with Crippen molar-refractivity contribution in [3.63, 3.8) is 0 Å². The van der Waals surface area contributed by atoms with Crippen molar-refractivity contribution in [1.29, 1.82) is 0 Å². The minimum Gasteiger partial charge on any atom is -0.468 e. The maximum absolute atomic E-state index is 12.2. The number of likely N-dealkylation sites (tertiary alicyclic amines) is 1. The number of alkyl halides is 3. The van der Waals surface area contributed by atoms with E-state index in [4.69, 9.17) is 9.15 Å². The fourth-order valence-corrected chi connectivity index (χ4v) is 3.66. The lowest BCUT2D eigenvalue weighted by Crippen LogP contribution is -2.42. The summed E-state index contributed by atoms with van der Waals surface area (Å²) in [4.78, 5) is 6.68. The van der Waals surface area contributed by atoms with Gasteiger partial charge in [0.2, 0.25) is 0 Å². The summed E-state index contributed by atoms with van der Waals surface area (Å²) in [6, 6.07) is 11.3. The van der Waals surface area contributed by atoms with Crippen LogP contribution in [0.4, 0.5) is 13.2 Å². The van der Waals surface area contributed by atoms with E-state index in [9.17, 15) is 13.2 Å². The van der Waals surface area contributed by atoms with Gasteiger partial charge in [-0.3, -0.25) is 9.89 Å². The normalized spacial score (nSPS) is 16.5. The highest BCUT2D eigenvalue weighted by Crippen LogP contribution is 2.24. The van der Waals surface area contributed by atoms with Crippen LogP contribution in [0.25, 0.3) is 0 Å². The van der Waals surface area contributed by atoms with Gasteiger partial charge in [0, 0.05) is 20.1 Å². The molecule has 1 aromatic heterocycles. The van der Waals surface area contributed by atoms with Crippen LogP contribution in [0.3, 0.4) is 0 Å². The topological polar surface area (TPSA) is 62.0 Å². The number of hydrogen-bond acceptors (Lipinski definition) is 4. The molecule has 1 unspecified atom stereocenters. The van der Waals surface area contributed by atoms with Crippen LogP contribution in [0.2, 0.25) is 0 Å². The van der Waals surface area contributed by atoms with Gasteiger partial charge < -0.3 is 19.8 Å². The average Bonchev–Trinajstić information content (AvgIpc) is 3.45.